The molecular weight excluding hydrogens is 314 g/mol. The lowest BCUT2D eigenvalue weighted by molar-refractivity contribution is 0.118. The van der Waals surface area contributed by atoms with E-state index in [1.165, 1.54) is 5.56 Å². The van der Waals surface area contributed by atoms with Crippen LogP contribution in [0.25, 0.3) is 0 Å². The van der Waals surface area contributed by atoms with E-state index in [1.54, 1.807) is 11.9 Å². The number of hydrogen-bond donors (Lipinski definition) is 1. The normalized spacial score (nSPS) is 11.3. The first-order chi connectivity index (χ1) is 12.1. The highest BCUT2D eigenvalue weighted by atomic mass is 16.6. The summed E-state index contributed by atoms with van der Waals surface area (Å²) in [5.74, 6) is 6.39. The predicted molar refractivity (Wildman–Crippen MR) is 102 cm³/mol. The lowest BCUT2D eigenvalue weighted by atomic mass is 10.1. The highest BCUT2D eigenvalue weighted by Gasteiger charge is 2.08. The topological polar surface area (TPSA) is 60.1 Å². The second-order valence-electron chi connectivity index (χ2n) is 6.00. The molecule has 134 valence electrons. The Bertz CT molecular complexity index is 685. The molecule has 0 amide bonds. The van der Waals surface area contributed by atoms with Crippen LogP contribution in [0.1, 0.15) is 30.0 Å². The molecule has 0 saturated heterocycles. The van der Waals surface area contributed by atoms with E-state index in [1.807, 2.05) is 38.2 Å². The molecule has 0 atom stereocenters. The van der Waals surface area contributed by atoms with Gasteiger partial charge in [0, 0.05) is 19.5 Å². The van der Waals surface area contributed by atoms with Crippen LogP contribution < -0.4 is 10.9 Å². The van der Waals surface area contributed by atoms with Gasteiger partial charge in [0.15, 0.2) is 0 Å². The maximum absolute atomic E-state index is 5.86. The average Bonchev–Trinajstić information content (AvgIpc) is 2.61. The standard InChI is InChI=1S/C20H27N3O2/c1-16-9-7-13-20(23(3)21)19(16)15-25-22-17(2)24-14-8-12-18-10-5-4-6-11-18/h4-7,9-11,13H,8,12,14-15,21H2,1-3H3. The molecule has 0 aliphatic rings. The monoisotopic (exact) mass is 341 g/mol. The van der Waals surface area contributed by atoms with Crippen molar-refractivity contribution in [2.24, 2.45) is 11.0 Å². The van der Waals surface area contributed by atoms with E-state index >= 15 is 0 Å². The van der Waals surface area contributed by atoms with Crippen molar-refractivity contribution in [3.05, 3.63) is 65.2 Å². The largest absolute Gasteiger partial charge is 0.479 e. The fourth-order valence-corrected chi connectivity index (χ4v) is 2.56. The van der Waals surface area contributed by atoms with Gasteiger partial charge in [-0.05, 0) is 37.0 Å². The van der Waals surface area contributed by atoms with Crippen molar-refractivity contribution >= 4 is 11.6 Å². The molecule has 2 aromatic rings. The second kappa shape index (κ2) is 9.69. The SMILES string of the molecule is CC(=NOCc1c(C)cccc1N(C)N)OCCCc1ccccc1. The van der Waals surface area contributed by atoms with Crippen LogP contribution in [0.15, 0.2) is 53.7 Å². The van der Waals surface area contributed by atoms with Crippen LogP contribution >= 0.6 is 0 Å². The third-order valence-electron chi connectivity index (χ3n) is 3.93. The number of rotatable bonds is 8. The van der Waals surface area contributed by atoms with E-state index in [2.05, 4.69) is 29.4 Å². The van der Waals surface area contributed by atoms with Gasteiger partial charge in [0.25, 0.3) is 0 Å². The highest BCUT2D eigenvalue weighted by Crippen LogP contribution is 2.22. The highest BCUT2D eigenvalue weighted by molar-refractivity contribution is 5.72. The van der Waals surface area contributed by atoms with E-state index in [9.17, 15) is 0 Å². The summed E-state index contributed by atoms with van der Waals surface area (Å²) in [5.41, 5.74) is 4.38. The molecule has 0 fully saturated rings. The summed E-state index contributed by atoms with van der Waals surface area (Å²) in [5, 5.41) is 5.63. The second-order valence-corrected chi connectivity index (χ2v) is 6.00. The Morgan fingerprint density at radius 2 is 1.88 bits per heavy atom. The van der Waals surface area contributed by atoms with E-state index < -0.39 is 0 Å². The summed E-state index contributed by atoms with van der Waals surface area (Å²) >= 11 is 0. The van der Waals surface area contributed by atoms with Gasteiger partial charge in [-0.25, -0.2) is 5.84 Å². The van der Waals surface area contributed by atoms with E-state index in [0.29, 0.717) is 19.1 Å². The van der Waals surface area contributed by atoms with Gasteiger partial charge in [0.05, 0.1) is 12.3 Å². The summed E-state index contributed by atoms with van der Waals surface area (Å²) in [7, 11) is 1.81. The summed E-state index contributed by atoms with van der Waals surface area (Å²) in [6.07, 6.45) is 1.93. The molecule has 0 aromatic heterocycles. The van der Waals surface area contributed by atoms with Crippen molar-refractivity contribution in [2.45, 2.75) is 33.3 Å². The first kappa shape index (κ1) is 18.8. The number of hydrazine groups is 1. The smallest absolute Gasteiger partial charge is 0.222 e. The molecule has 2 N–H and O–H groups in total. The van der Waals surface area contributed by atoms with E-state index in [4.69, 9.17) is 15.4 Å². The molecule has 0 saturated carbocycles. The fraction of sp³-hybridized carbons (Fsp3) is 0.350. The summed E-state index contributed by atoms with van der Waals surface area (Å²) < 4.78 is 5.60. The van der Waals surface area contributed by atoms with Crippen LogP contribution in [-0.4, -0.2) is 19.6 Å². The Balaban J connectivity index is 1.76. The molecule has 5 heteroatoms. The maximum Gasteiger partial charge on any atom is 0.222 e. The first-order valence-corrected chi connectivity index (χ1v) is 8.48. The number of nitrogens with zero attached hydrogens (tertiary/aromatic N) is 2. The Labute approximate surface area is 150 Å². The van der Waals surface area contributed by atoms with Gasteiger partial charge >= 0.3 is 0 Å². The van der Waals surface area contributed by atoms with E-state index in [0.717, 1.165) is 29.7 Å². The van der Waals surface area contributed by atoms with Crippen LogP contribution in [0.2, 0.25) is 0 Å². The van der Waals surface area contributed by atoms with Crippen molar-refractivity contribution in [3.63, 3.8) is 0 Å². The Hall–Kier alpha value is -2.53. The van der Waals surface area contributed by atoms with Crippen LogP contribution in [0.3, 0.4) is 0 Å². The Morgan fingerprint density at radius 3 is 2.60 bits per heavy atom. The minimum Gasteiger partial charge on any atom is -0.479 e. The van der Waals surface area contributed by atoms with Crippen LogP contribution in [0, 0.1) is 6.92 Å². The zero-order valence-electron chi connectivity index (χ0n) is 15.2. The Kier molecular flexibility index (Phi) is 7.29. The van der Waals surface area contributed by atoms with Crippen LogP contribution in [0.5, 0.6) is 0 Å². The predicted octanol–water partition coefficient (Wildman–Crippen LogP) is 3.80. The quantitative estimate of drug-likeness (QED) is 0.261. The van der Waals surface area contributed by atoms with Gasteiger partial charge in [0.1, 0.15) is 6.61 Å². The van der Waals surface area contributed by atoms with E-state index in [-0.39, 0.29) is 0 Å². The molecule has 25 heavy (non-hydrogen) atoms. The molecule has 0 bridgehead atoms. The third kappa shape index (κ3) is 6.12. The van der Waals surface area contributed by atoms with Crippen molar-refractivity contribution in [1.82, 2.24) is 0 Å². The van der Waals surface area contributed by atoms with Gasteiger partial charge in [-0.15, -0.1) is 0 Å². The maximum atomic E-state index is 5.86. The number of nitrogens with two attached hydrogens (primary N) is 1. The first-order valence-electron chi connectivity index (χ1n) is 8.48. The summed E-state index contributed by atoms with van der Waals surface area (Å²) in [6.45, 7) is 4.81. The third-order valence-corrected chi connectivity index (χ3v) is 3.93. The van der Waals surface area contributed by atoms with Gasteiger partial charge in [-0.3, -0.25) is 0 Å². The number of ether oxygens (including phenoxy) is 1. The molecule has 0 heterocycles. The number of oxime groups is 1. The molecular formula is C20H27N3O2. The average molecular weight is 341 g/mol. The van der Waals surface area contributed by atoms with Crippen LogP contribution in [-0.2, 0) is 22.6 Å². The zero-order valence-corrected chi connectivity index (χ0v) is 15.2. The molecule has 2 aromatic carbocycles. The molecule has 0 radical (unpaired) electrons. The summed E-state index contributed by atoms with van der Waals surface area (Å²) in [6, 6.07) is 16.3. The zero-order chi connectivity index (χ0) is 18.1. The molecule has 0 aliphatic heterocycles. The number of benzene rings is 2. The van der Waals surface area contributed by atoms with Crippen molar-refractivity contribution in [2.75, 3.05) is 18.7 Å². The van der Waals surface area contributed by atoms with Gasteiger partial charge in [0.2, 0.25) is 5.90 Å². The van der Waals surface area contributed by atoms with Crippen molar-refractivity contribution in [1.29, 1.82) is 0 Å². The van der Waals surface area contributed by atoms with Gasteiger partial charge < -0.3 is 14.6 Å². The molecule has 0 aliphatic carbocycles. The lowest BCUT2D eigenvalue weighted by Crippen LogP contribution is -2.26. The van der Waals surface area contributed by atoms with Crippen molar-refractivity contribution < 1.29 is 9.57 Å². The minimum atomic E-state index is 0.355. The van der Waals surface area contributed by atoms with Crippen molar-refractivity contribution in [3.8, 4) is 0 Å². The summed E-state index contributed by atoms with van der Waals surface area (Å²) in [4.78, 5) is 5.45. The lowest BCUT2D eigenvalue weighted by Gasteiger charge is -2.18. The minimum absolute atomic E-state index is 0.355. The van der Waals surface area contributed by atoms with Gasteiger partial charge in [-0.1, -0.05) is 47.6 Å². The van der Waals surface area contributed by atoms with Crippen LogP contribution in [0.4, 0.5) is 5.69 Å². The van der Waals surface area contributed by atoms with Gasteiger partial charge in [-0.2, -0.15) is 0 Å². The molecule has 0 unspecified atom stereocenters. The molecule has 5 nitrogen and oxygen atoms in total. The number of anilines is 1. The number of aryl methyl sites for hydroxylation is 2. The Morgan fingerprint density at radius 1 is 1.12 bits per heavy atom. The molecule has 0 spiro atoms. The fourth-order valence-electron chi connectivity index (χ4n) is 2.56. The molecule has 2 rings (SSSR count). The number of hydrogen-bond acceptors (Lipinski definition) is 5.